The number of rotatable bonds is 5. The molecule has 7 heteroatoms. The fraction of sp³-hybridized carbons (Fsp3) is 0.478. The van der Waals surface area contributed by atoms with Crippen LogP contribution in [-0.2, 0) is 4.74 Å². The van der Waals surface area contributed by atoms with E-state index in [1.165, 1.54) is 10.9 Å². The number of benzene rings is 1. The van der Waals surface area contributed by atoms with Crippen molar-refractivity contribution >= 4 is 22.5 Å². The molecule has 1 unspecified atom stereocenters. The van der Waals surface area contributed by atoms with Crippen molar-refractivity contribution in [1.82, 2.24) is 14.5 Å². The van der Waals surface area contributed by atoms with Crippen LogP contribution in [0.15, 0.2) is 42.9 Å². The number of anilines is 2. The van der Waals surface area contributed by atoms with Crippen LogP contribution in [0.5, 0.6) is 5.75 Å². The van der Waals surface area contributed by atoms with E-state index >= 15 is 0 Å². The van der Waals surface area contributed by atoms with Gasteiger partial charge in [0, 0.05) is 64.3 Å². The van der Waals surface area contributed by atoms with Crippen LogP contribution >= 0.6 is 0 Å². The molecule has 0 spiro atoms. The predicted octanol–water partition coefficient (Wildman–Crippen LogP) is 3.51. The molecule has 1 atom stereocenters. The lowest BCUT2D eigenvalue weighted by Crippen LogP contribution is -2.38. The number of nitrogens with zero attached hydrogens (tertiary/aromatic N) is 5. The van der Waals surface area contributed by atoms with Gasteiger partial charge in [-0.15, -0.1) is 0 Å². The van der Waals surface area contributed by atoms with E-state index < -0.39 is 0 Å². The SMILES string of the molecule is CN(C)c1cc(N2CCC(Oc3cccc4c3ccn4C3CCOC3)CC2)ncn1. The minimum atomic E-state index is 0.222. The Morgan fingerprint density at radius 3 is 2.73 bits per heavy atom. The topological polar surface area (TPSA) is 55.7 Å². The number of hydrogen-bond acceptors (Lipinski definition) is 6. The van der Waals surface area contributed by atoms with Crippen LogP contribution in [0.1, 0.15) is 25.3 Å². The Hall–Kier alpha value is -2.80. The van der Waals surface area contributed by atoms with Gasteiger partial charge in [0.1, 0.15) is 29.8 Å². The largest absolute Gasteiger partial charge is 0.490 e. The first-order valence-corrected chi connectivity index (χ1v) is 10.8. The normalized spacial score (nSPS) is 20.1. The average molecular weight is 408 g/mol. The van der Waals surface area contributed by atoms with Gasteiger partial charge in [0.05, 0.1) is 18.2 Å². The van der Waals surface area contributed by atoms with E-state index in [2.05, 4.69) is 56.0 Å². The third-order valence-electron chi connectivity index (χ3n) is 6.18. The van der Waals surface area contributed by atoms with E-state index in [4.69, 9.17) is 9.47 Å². The van der Waals surface area contributed by atoms with E-state index in [1.807, 2.05) is 19.0 Å². The van der Waals surface area contributed by atoms with Gasteiger partial charge in [-0.1, -0.05) is 6.07 Å². The van der Waals surface area contributed by atoms with Crippen molar-refractivity contribution in [3.8, 4) is 5.75 Å². The van der Waals surface area contributed by atoms with Crippen LogP contribution in [0.25, 0.3) is 10.9 Å². The Morgan fingerprint density at radius 2 is 1.97 bits per heavy atom. The molecule has 30 heavy (non-hydrogen) atoms. The summed E-state index contributed by atoms with van der Waals surface area (Å²) in [6.07, 6.45) is 7.08. The van der Waals surface area contributed by atoms with Gasteiger partial charge in [-0.2, -0.15) is 0 Å². The van der Waals surface area contributed by atoms with Crippen molar-refractivity contribution in [3.05, 3.63) is 42.9 Å². The van der Waals surface area contributed by atoms with Crippen LogP contribution < -0.4 is 14.5 Å². The van der Waals surface area contributed by atoms with Gasteiger partial charge in [-0.25, -0.2) is 9.97 Å². The summed E-state index contributed by atoms with van der Waals surface area (Å²) >= 11 is 0. The zero-order valence-electron chi connectivity index (χ0n) is 17.7. The maximum absolute atomic E-state index is 6.48. The molecule has 2 aromatic heterocycles. The first kappa shape index (κ1) is 19.2. The van der Waals surface area contributed by atoms with Gasteiger partial charge in [0.25, 0.3) is 0 Å². The number of aromatic nitrogens is 3. The molecule has 3 aromatic rings. The second-order valence-electron chi connectivity index (χ2n) is 8.36. The minimum absolute atomic E-state index is 0.222. The molecule has 0 amide bonds. The van der Waals surface area contributed by atoms with Crippen LogP contribution in [0.4, 0.5) is 11.6 Å². The van der Waals surface area contributed by atoms with E-state index in [-0.39, 0.29) is 6.10 Å². The highest BCUT2D eigenvalue weighted by molar-refractivity contribution is 5.86. The van der Waals surface area contributed by atoms with E-state index in [0.717, 1.165) is 63.0 Å². The second-order valence-corrected chi connectivity index (χ2v) is 8.36. The summed E-state index contributed by atoms with van der Waals surface area (Å²) in [5.74, 6) is 2.91. The Balaban J connectivity index is 1.27. The molecule has 0 N–H and O–H groups in total. The first-order chi connectivity index (χ1) is 14.7. The molecule has 0 saturated carbocycles. The molecule has 2 aliphatic heterocycles. The number of hydrogen-bond donors (Lipinski definition) is 0. The number of fused-ring (bicyclic) bond motifs is 1. The molecule has 5 rings (SSSR count). The smallest absolute Gasteiger partial charge is 0.134 e. The quantitative estimate of drug-likeness (QED) is 0.645. The Bertz CT molecular complexity index is 1000. The first-order valence-electron chi connectivity index (χ1n) is 10.8. The summed E-state index contributed by atoms with van der Waals surface area (Å²) < 4.78 is 14.4. The highest BCUT2D eigenvalue weighted by Crippen LogP contribution is 2.33. The van der Waals surface area contributed by atoms with E-state index in [0.29, 0.717) is 6.04 Å². The molecule has 0 aliphatic carbocycles. The summed E-state index contributed by atoms with van der Waals surface area (Å²) in [7, 11) is 4.00. The van der Waals surface area contributed by atoms with Crippen molar-refractivity contribution in [2.75, 3.05) is 50.2 Å². The molecule has 4 heterocycles. The van der Waals surface area contributed by atoms with Crippen molar-refractivity contribution in [2.24, 2.45) is 0 Å². The fourth-order valence-corrected chi connectivity index (χ4v) is 4.46. The van der Waals surface area contributed by atoms with E-state index in [1.54, 1.807) is 6.33 Å². The van der Waals surface area contributed by atoms with Crippen LogP contribution in [0.3, 0.4) is 0 Å². The highest BCUT2D eigenvalue weighted by Gasteiger charge is 2.24. The molecule has 1 aromatic carbocycles. The van der Waals surface area contributed by atoms with Gasteiger partial charge >= 0.3 is 0 Å². The van der Waals surface area contributed by atoms with E-state index in [9.17, 15) is 0 Å². The molecule has 0 bridgehead atoms. The molecular weight excluding hydrogens is 378 g/mol. The van der Waals surface area contributed by atoms with Crippen LogP contribution in [0.2, 0.25) is 0 Å². The standard InChI is InChI=1S/C23H29N5O2/c1-26(2)22-14-23(25-16-24-22)27-10-6-18(7-11-27)30-21-5-3-4-20-19(21)8-12-28(20)17-9-13-29-15-17/h3-5,8,12,14,16-18H,6-7,9-11,13,15H2,1-2H3. The summed E-state index contributed by atoms with van der Waals surface area (Å²) in [5.41, 5.74) is 1.23. The fourth-order valence-electron chi connectivity index (χ4n) is 4.46. The van der Waals surface area contributed by atoms with Crippen LogP contribution in [-0.4, -0.2) is 61.0 Å². The lowest BCUT2D eigenvalue weighted by atomic mass is 10.1. The Morgan fingerprint density at radius 1 is 1.10 bits per heavy atom. The van der Waals surface area contributed by atoms with Crippen LogP contribution in [0, 0.1) is 0 Å². The summed E-state index contributed by atoms with van der Waals surface area (Å²) in [6.45, 7) is 3.52. The molecular formula is C23H29N5O2. The number of piperidine rings is 1. The second kappa shape index (κ2) is 8.14. The molecule has 0 radical (unpaired) electrons. The third-order valence-corrected chi connectivity index (χ3v) is 6.18. The lowest BCUT2D eigenvalue weighted by molar-refractivity contribution is 0.173. The zero-order chi connectivity index (χ0) is 20.5. The molecule has 7 nitrogen and oxygen atoms in total. The zero-order valence-corrected chi connectivity index (χ0v) is 17.7. The maximum Gasteiger partial charge on any atom is 0.134 e. The summed E-state index contributed by atoms with van der Waals surface area (Å²) in [4.78, 5) is 13.1. The maximum atomic E-state index is 6.48. The van der Waals surface area contributed by atoms with Crippen molar-refractivity contribution < 1.29 is 9.47 Å². The molecule has 2 saturated heterocycles. The number of ether oxygens (including phenoxy) is 2. The third kappa shape index (κ3) is 3.69. The monoisotopic (exact) mass is 407 g/mol. The Kier molecular flexibility index (Phi) is 5.21. The Labute approximate surface area is 177 Å². The molecule has 2 aliphatic rings. The minimum Gasteiger partial charge on any atom is -0.490 e. The van der Waals surface area contributed by atoms with Crippen molar-refractivity contribution in [1.29, 1.82) is 0 Å². The van der Waals surface area contributed by atoms with Gasteiger partial charge in [0.15, 0.2) is 0 Å². The van der Waals surface area contributed by atoms with Gasteiger partial charge in [0.2, 0.25) is 0 Å². The summed E-state index contributed by atoms with van der Waals surface area (Å²) in [5, 5.41) is 1.19. The van der Waals surface area contributed by atoms with Crippen molar-refractivity contribution in [2.45, 2.75) is 31.4 Å². The van der Waals surface area contributed by atoms with Gasteiger partial charge < -0.3 is 23.8 Å². The molecule has 158 valence electrons. The van der Waals surface area contributed by atoms with Gasteiger partial charge in [-0.05, 0) is 24.6 Å². The average Bonchev–Trinajstić information content (AvgIpc) is 3.44. The predicted molar refractivity (Wildman–Crippen MR) is 119 cm³/mol. The summed E-state index contributed by atoms with van der Waals surface area (Å²) in [6, 6.07) is 11.0. The highest BCUT2D eigenvalue weighted by atomic mass is 16.5. The molecule has 2 fully saturated rings. The van der Waals surface area contributed by atoms with Crippen molar-refractivity contribution in [3.63, 3.8) is 0 Å². The van der Waals surface area contributed by atoms with Gasteiger partial charge in [-0.3, -0.25) is 0 Å². The lowest BCUT2D eigenvalue weighted by Gasteiger charge is -2.33.